The molecule has 0 amide bonds. The molecule has 0 spiro atoms. The number of hydrogen-bond donors (Lipinski definition) is 0. The molecular formula is C14H13N3O. The highest BCUT2D eigenvalue weighted by Gasteiger charge is 2.24. The van der Waals surface area contributed by atoms with E-state index >= 15 is 0 Å². The molecule has 90 valence electrons. The van der Waals surface area contributed by atoms with Gasteiger partial charge in [-0.15, -0.1) is 0 Å². The molecule has 1 aromatic carbocycles. The maximum Gasteiger partial charge on any atom is 0.219 e. The van der Waals surface area contributed by atoms with E-state index in [1.54, 1.807) is 30.1 Å². The topological polar surface area (TPSA) is 58.7 Å². The molecule has 2 rings (SSSR count). The van der Waals surface area contributed by atoms with Crippen LogP contribution in [0.25, 0.3) is 0 Å². The lowest BCUT2D eigenvalue weighted by molar-refractivity contribution is 0.0966. The van der Waals surface area contributed by atoms with Gasteiger partial charge < -0.3 is 4.57 Å². The molecule has 0 saturated carbocycles. The number of carbonyl (C=O) groups is 1. The van der Waals surface area contributed by atoms with Crippen LogP contribution in [0.4, 0.5) is 0 Å². The van der Waals surface area contributed by atoms with E-state index in [9.17, 15) is 10.1 Å². The van der Waals surface area contributed by atoms with Crippen molar-refractivity contribution < 1.29 is 4.79 Å². The number of Topliss-reactive ketones (excluding diaryl/α,β-unsaturated/α-hetero) is 1. The highest BCUT2D eigenvalue weighted by molar-refractivity contribution is 6.00. The van der Waals surface area contributed by atoms with Crippen molar-refractivity contribution in [1.29, 1.82) is 5.26 Å². The number of ketones is 1. The van der Waals surface area contributed by atoms with Gasteiger partial charge in [0.25, 0.3) is 0 Å². The summed E-state index contributed by atoms with van der Waals surface area (Å²) in [6, 6.07) is 9.49. The second-order valence-corrected chi connectivity index (χ2v) is 4.20. The zero-order valence-electron chi connectivity index (χ0n) is 10.3. The number of nitriles is 1. The zero-order valence-corrected chi connectivity index (χ0v) is 10.3. The van der Waals surface area contributed by atoms with Crippen molar-refractivity contribution in [2.45, 2.75) is 12.8 Å². The molecule has 2 aromatic rings. The number of aryl methyl sites for hydroxylation is 2. The molecule has 1 heterocycles. The minimum absolute atomic E-state index is 0.268. The van der Waals surface area contributed by atoms with Crippen LogP contribution in [-0.2, 0) is 7.05 Å². The maximum absolute atomic E-state index is 12.3. The van der Waals surface area contributed by atoms with E-state index in [1.807, 2.05) is 25.1 Å². The summed E-state index contributed by atoms with van der Waals surface area (Å²) in [6.07, 6.45) is 3.25. The Morgan fingerprint density at radius 3 is 2.83 bits per heavy atom. The first-order chi connectivity index (χ1) is 8.63. The number of aromatic nitrogens is 2. The Balaban J connectivity index is 2.39. The second kappa shape index (κ2) is 4.84. The minimum Gasteiger partial charge on any atom is -0.332 e. The lowest BCUT2D eigenvalue weighted by atomic mass is 9.94. The van der Waals surface area contributed by atoms with Crippen molar-refractivity contribution in [3.8, 4) is 6.07 Å². The number of rotatable bonds is 3. The molecule has 0 radical (unpaired) electrons. The van der Waals surface area contributed by atoms with Crippen LogP contribution in [-0.4, -0.2) is 15.3 Å². The van der Waals surface area contributed by atoms with Gasteiger partial charge in [0.2, 0.25) is 5.78 Å². The molecule has 4 heteroatoms. The maximum atomic E-state index is 12.3. The van der Waals surface area contributed by atoms with E-state index < -0.39 is 5.92 Å². The number of carbonyl (C=O) groups excluding carboxylic acids is 1. The first-order valence-corrected chi connectivity index (χ1v) is 5.61. The average molecular weight is 239 g/mol. The quantitative estimate of drug-likeness (QED) is 0.771. The molecule has 0 N–H and O–H groups in total. The Kier molecular flexibility index (Phi) is 3.24. The van der Waals surface area contributed by atoms with Gasteiger partial charge in [0.15, 0.2) is 5.82 Å². The van der Waals surface area contributed by atoms with Gasteiger partial charge in [0.05, 0.1) is 6.07 Å². The van der Waals surface area contributed by atoms with Gasteiger partial charge >= 0.3 is 0 Å². The molecule has 0 saturated heterocycles. The summed E-state index contributed by atoms with van der Waals surface area (Å²) in [5.74, 6) is -0.760. The molecule has 4 nitrogen and oxygen atoms in total. The summed E-state index contributed by atoms with van der Waals surface area (Å²) < 4.78 is 1.63. The van der Waals surface area contributed by atoms with Crippen LogP contribution in [0.1, 0.15) is 27.7 Å². The second-order valence-electron chi connectivity index (χ2n) is 4.20. The molecular weight excluding hydrogens is 226 g/mol. The summed E-state index contributed by atoms with van der Waals surface area (Å²) in [5.41, 5.74) is 1.74. The summed E-state index contributed by atoms with van der Waals surface area (Å²) in [7, 11) is 1.74. The Hall–Kier alpha value is -2.41. The van der Waals surface area contributed by atoms with Gasteiger partial charge in [0, 0.05) is 19.4 Å². The third kappa shape index (κ3) is 2.16. The van der Waals surface area contributed by atoms with Crippen LogP contribution in [0.3, 0.4) is 0 Å². The Morgan fingerprint density at radius 1 is 1.50 bits per heavy atom. The normalized spacial score (nSPS) is 11.8. The third-order valence-corrected chi connectivity index (χ3v) is 2.81. The molecule has 0 aliphatic heterocycles. The van der Waals surface area contributed by atoms with Crippen LogP contribution in [0.2, 0.25) is 0 Å². The van der Waals surface area contributed by atoms with Crippen molar-refractivity contribution in [3.05, 3.63) is 53.6 Å². The Morgan fingerprint density at radius 2 is 2.28 bits per heavy atom. The van der Waals surface area contributed by atoms with Crippen molar-refractivity contribution in [1.82, 2.24) is 9.55 Å². The first kappa shape index (κ1) is 12.1. The smallest absolute Gasteiger partial charge is 0.219 e. The summed E-state index contributed by atoms with van der Waals surface area (Å²) >= 11 is 0. The van der Waals surface area contributed by atoms with E-state index in [4.69, 9.17) is 0 Å². The first-order valence-electron chi connectivity index (χ1n) is 5.61. The van der Waals surface area contributed by atoms with E-state index in [0.29, 0.717) is 11.4 Å². The van der Waals surface area contributed by atoms with E-state index in [2.05, 4.69) is 11.1 Å². The lowest BCUT2D eigenvalue weighted by Gasteiger charge is -2.09. The number of hydrogen-bond acceptors (Lipinski definition) is 3. The molecule has 0 bridgehead atoms. The predicted octanol–water partition coefficient (Wildman–Crippen LogP) is 2.22. The molecule has 0 aliphatic rings. The van der Waals surface area contributed by atoms with Gasteiger partial charge in [-0.2, -0.15) is 5.26 Å². The standard InChI is InChI=1S/C14H13N3O/c1-10-4-3-5-11(8-10)12(9-15)13(18)14-16-6-7-17(14)2/h3-8,12H,1-2H3. The van der Waals surface area contributed by atoms with Gasteiger partial charge in [-0.05, 0) is 12.5 Å². The predicted molar refractivity (Wildman–Crippen MR) is 67.1 cm³/mol. The van der Waals surface area contributed by atoms with E-state index in [-0.39, 0.29) is 5.78 Å². The van der Waals surface area contributed by atoms with E-state index in [0.717, 1.165) is 5.56 Å². The van der Waals surface area contributed by atoms with Gasteiger partial charge in [-0.1, -0.05) is 29.8 Å². The van der Waals surface area contributed by atoms with Crippen LogP contribution >= 0.6 is 0 Å². The molecule has 0 fully saturated rings. The largest absolute Gasteiger partial charge is 0.332 e. The number of nitrogens with zero attached hydrogens (tertiary/aromatic N) is 3. The summed E-state index contributed by atoms with van der Waals surface area (Å²) in [5, 5.41) is 9.22. The molecule has 1 unspecified atom stereocenters. The summed E-state index contributed by atoms with van der Waals surface area (Å²) in [6.45, 7) is 1.93. The fourth-order valence-electron chi connectivity index (χ4n) is 1.87. The Bertz CT molecular complexity index is 622. The van der Waals surface area contributed by atoms with Crippen LogP contribution in [0.15, 0.2) is 36.7 Å². The van der Waals surface area contributed by atoms with Crippen LogP contribution in [0, 0.1) is 18.3 Å². The summed E-state index contributed by atoms with van der Waals surface area (Å²) in [4.78, 5) is 16.3. The SMILES string of the molecule is Cc1cccc(C(C#N)C(=O)c2nccn2C)c1. The van der Waals surface area contributed by atoms with Gasteiger partial charge in [-0.3, -0.25) is 4.79 Å². The van der Waals surface area contributed by atoms with Gasteiger partial charge in [-0.25, -0.2) is 4.98 Å². The van der Waals surface area contributed by atoms with Crippen molar-refractivity contribution in [2.24, 2.45) is 7.05 Å². The van der Waals surface area contributed by atoms with Crippen LogP contribution in [0.5, 0.6) is 0 Å². The van der Waals surface area contributed by atoms with Crippen molar-refractivity contribution in [3.63, 3.8) is 0 Å². The minimum atomic E-state index is -0.800. The van der Waals surface area contributed by atoms with Crippen molar-refractivity contribution >= 4 is 5.78 Å². The molecule has 0 aliphatic carbocycles. The number of imidazole rings is 1. The fourth-order valence-corrected chi connectivity index (χ4v) is 1.87. The lowest BCUT2D eigenvalue weighted by Crippen LogP contribution is -2.15. The Labute approximate surface area is 106 Å². The average Bonchev–Trinajstić information content (AvgIpc) is 2.76. The van der Waals surface area contributed by atoms with Crippen LogP contribution < -0.4 is 0 Å². The highest BCUT2D eigenvalue weighted by atomic mass is 16.1. The number of benzene rings is 1. The van der Waals surface area contributed by atoms with Gasteiger partial charge in [0.1, 0.15) is 5.92 Å². The highest BCUT2D eigenvalue weighted by Crippen LogP contribution is 2.20. The molecule has 18 heavy (non-hydrogen) atoms. The van der Waals surface area contributed by atoms with Crippen molar-refractivity contribution in [2.75, 3.05) is 0 Å². The molecule has 1 atom stereocenters. The third-order valence-electron chi connectivity index (χ3n) is 2.81. The monoisotopic (exact) mass is 239 g/mol. The molecule has 1 aromatic heterocycles. The zero-order chi connectivity index (χ0) is 13.1. The van der Waals surface area contributed by atoms with E-state index in [1.165, 1.54) is 0 Å². The fraction of sp³-hybridized carbons (Fsp3) is 0.214.